The van der Waals surface area contributed by atoms with E-state index in [-0.39, 0.29) is 0 Å². The largest absolute Gasteiger partial charge is 0.363 e. The molecule has 0 spiro atoms. The SMILES string of the molecule is O=C1N=C2SC(O)N=C2N1. The van der Waals surface area contributed by atoms with Crippen molar-refractivity contribution in [1.82, 2.24) is 5.32 Å². The van der Waals surface area contributed by atoms with E-state index in [1.807, 2.05) is 0 Å². The molecule has 2 aliphatic heterocycles. The predicted molar refractivity (Wildman–Crippen MR) is 37.0 cm³/mol. The van der Waals surface area contributed by atoms with Crippen LogP contribution < -0.4 is 5.32 Å². The molecule has 0 aromatic heterocycles. The second kappa shape index (κ2) is 1.80. The predicted octanol–water partition coefficient (Wildman–Crippen LogP) is -0.471. The lowest BCUT2D eigenvalue weighted by Crippen LogP contribution is -2.22. The van der Waals surface area contributed by atoms with Crippen molar-refractivity contribution in [3.63, 3.8) is 0 Å². The molecule has 2 aliphatic rings. The van der Waals surface area contributed by atoms with E-state index in [2.05, 4.69) is 15.3 Å². The molecule has 6 heteroatoms. The van der Waals surface area contributed by atoms with Crippen molar-refractivity contribution in [1.29, 1.82) is 0 Å². The Balaban J connectivity index is 2.34. The van der Waals surface area contributed by atoms with Crippen LogP contribution in [0.5, 0.6) is 0 Å². The van der Waals surface area contributed by atoms with Gasteiger partial charge >= 0.3 is 6.03 Å². The van der Waals surface area contributed by atoms with Crippen molar-refractivity contribution in [3.8, 4) is 0 Å². The number of carbonyl (C=O) groups excluding carboxylic acids is 1. The van der Waals surface area contributed by atoms with Gasteiger partial charge in [-0.2, -0.15) is 4.99 Å². The number of aliphatic hydroxyl groups excluding tert-OH is 1. The Morgan fingerprint density at radius 2 is 2.50 bits per heavy atom. The molecule has 0 bridgehead atoms. The summed E-state index contributed by atoms with van der Waals surface area (Å²) in [5.41, 5.74) is -0.797. The monoisotopic (exact) mass is 157 g/mol. The van der Waals surface area contributed by atoms with E-state index in [1.165, 1.54) is 0 Å². The minimum Gasteiger partial charge on any atom is -0.363 e. The van der Waals surface area contributed by atoms with Gasteiger partial charge in [-0.1, -0.05) is 0 Å². The Hall–Kier alpha value is -0.880. The fourth-order valence-electron chi connectivity index (χ4n) is 0.734. The van der Waals surface area contributed by atoms with Crippen molar-refractivity contribution in [3.05, 3.63) is 0 Å². The Bertz CT molecular complexity index is 259. The van der Waals surface area contributed by atoms with Crippen molar-refractivity contribution in [2.45, 2.75) is 5.56 Å². The van der Waals surface area contributed by atoms with Gasteiger partial charge in [-0.05, 0) is 11.8 Å². The first-order valence-electron chi connectivity index (χ1n) is 2.58. The summed E-state index contributed by atoms with van der Waals surface area (Å²) in [6, 6.07) is -0.409. The summed E-state index contributed by atoms with van der Waals surface area (Å²) in [7, 11) is 0. The van der Waals surface area contributed by atoms with Crippen molar-refractivity contribution >= 4 is 28.7 Å². The van der Waals surface area contributed by atoms with Crippen LogP contribution in [0.25, 0.3) is 0 Å². The highest BCUT2D eigenvalue weighted by Crippen LogP contribution is 2.22. The van der Waals surface area contributed by atoms with Gasteiger partial charge in [0.25, 0.3) is 0 Å². The number of hydrogen-bond acceptors (Lipinski definition) is 4. The molecule has 1 atom stereocenters. The molecule has 2 amide bonds. The van der Waals surface area contributed by atoms with E-state index in [1.54, 1.807) is 0 Å². The molecule has 1 unspecified atom stereocenters. The molecule has 0 aromatic carbocycles. The molecular weight excluding hydrogens is 154 g/mol. The van der Waals surface area contributed by atoms with Crippen LogP contribution in [-0.4, -0.2) is 27.6 Å². The van der Waals surface area contributed by atoms with Gasteiger partial charge in [-0.15, -0.1) is 0 Å². The van der Waals surface area contributed by atoms with E-state index < -0.39 is 11.6 Å². The molecule has 0 radical (unpaired) electrons. The van der Waals surface area contributed by atoms with Crippen LogP contribution in [0.3, 0.4) is 0 Å². The third-order valence-electron chi connectivity index (χ3n) is 1.09. The van der Waals surface area contributed by atoms with Crippen LogP contribution in [0, 0.1) is 0 Å². The molecule has 10 heavy (non-hydrogen) atoms. The lowest BCUT2D eigenvalue weighted by Gasteiger charge is -1.90. The number of amidine groups is 1. The fraction of sp³-hybridized carbons (Fsp3) is 0.250. The number of thioether (sulfide) groups is 1. The highest BCUT2D eigenvalue weighted by atomic mass is 32.2. The summed E-state index contributed by atoms with van der Waals surface area (Å²) in [6.45, 7) is 0. The lowest BCUT2D eigenvalue weighted by molar-refractivity contribution is 0.254. The summed E-state index contributed by atoms with van der Waals surface area (Å²) < 4.78 is 0. The van der Waals surface area contributed by atoms with E-state index in [0.717, 1.165) is 11.8 Å². The minimum absolute atomic E-state index is 0.391. The molecular formula is C4H3N3O2S. The van der Waals surface area contributed by atoms with Crippen LogP contribution >= 0.6 is 11.8 Å². The van der Waals surface area contributed by atoms with E-state index >= 15 is 0 Å². The van der Waals surface area contributed by atoms with E-state index in [0.29, 0.717) is 10.9 Å². The number of amides is 2. The van der Waals surface area contributed by atoms with Crippen LogP contribution in [-0.2, 0) is 0 Å². The van der Waals surface area contributed by atoms with Crippen molar-refractivity contribution in [2.24, 2.45) is 9.98 Å². The van der Waals surface area contributed by atoms with E-state index in [4.69, 9.17) is 5.11 Å². The van der Waals surface area contributed by atoms with Crippen LogP contribution in [0.15, 0.2) is 9.98 Å². The summed E-state index contributed by atoms with van der Waals surface area (Å²) in [4.78, 5) is 17.7. The molecule has 5 nitrogen and oxygen atoms in total. The van der Waals surface area contributed by atoms with Gasteiger partial charge in [0.15, 0.2) is 5.84 Å². The van der Waals surface area contributed by atoms with Gasteiger partial charge in [-0.3, -0.25) is 5.32 Å². The smallest absolute Gasteiger partial charge is 0.347 e. The lowest BCUT2D eigenvalue weighted by atomic mass is 10.6. The Morgan fingerprint density at radius 3 is 3.20 bits per heavy atom. The molecule has 0 fully saturated rings. The van der Waals surface area contributed by atoms with Gasteiger partial charge in [0.05, 0.1) is 0 Å². The number of carbonyl (C=O) groups is 1. The maximum atomic E-state index is 10.5. The second-order valence-electron chi connectivity index (χ2n) is 1.77. The number of fused-ring (bicyclic) bond motifs is 1. The number of nitrogens with zero attached hydrogens (tertiary/aromatic N) is 2. The average molecular weight is 157 g/mol. The third-order valence-corrected chi connectivity index (χ3v) is 1.91. The molecule has 2 rings (SSSR count). The zero-order chi connectivity index (χ0) is 7.14. The molecule has 0 aromatic rings. The fourth-order valence-corrected chi connectivity index (χ4v) is 1.44. The average Bonchev–Trinajstić information content (AvgIpc) is 2.21. The zero-order valence-corrected chi connectivity index (χ0v) is 5.55. The van der Waals surface area contributed by atoms with Crippen molar-refractivity contribution < 1.29 is 9.90 Å². The summed E-state index contributed by atoms with van der Waals surface area (Å²) in [5.74, 6) is 0.391. The number of rotatable bonds is 0. The topological polar surface area (TPSA) is 74.0 Å². The first-order chi connectivity index (χ1) is 4.75. The normalized spacial score (nSPS) is 29.3. The standard InChI is InChI=1S/C4H3N3O2S/c8-3-5-1-2(7-3)10-4(9)6-1/h4,9H,(H,5,6,8). The van der Waals surface area contributed by atoms with E-state index in [9.17, 15) is 4.79 Å². The maximum Gasteiger partial charge on any atom is 0.347 e. The zero-order valence-electron chi connectivity index (χ0n) is 4.74. The number of aliphatic imine (C=N–C) groups is 2. The summed E-state index contributed by atoms with van der Waals surface area (Å²) in [5, 5.41) is 11.7. The summed E-state index contributed by atoms with van der Waals surface area (Å²) in [6.07, 6.45) is 0. The van der Waals surface area contributed by atoms with Crippen LogP contribution in [0.1, 0.15) is 0 Å². The number of hydrogen-bond donors (Lipinski definition) is 2. The Morgan fingerprint density at radius 1 is 1.70 bits per heavy atom. The van der Waals surface area contributed by atoms with Crippen LogP contribution in [0.2, 0.25) is 0 Å². The van der Waals surface area contributed by atoms with Gasteiger partial charge in [0.2, 0.25) is 5.56 Å². The molecule has 52 valence electrons. The molecule has 2 heterocycles. The van der Waals surface area contributed by atoms with Gasteiger partial charge in [0.1, 0.15) is 5.04 Å². The first kappa shape index (κ1) is 5.87. The number of nitrogens with one attached hydrogen (secondary N) is 1. The molecule has 0 saturated carbocycles. The Kier molecular flexibility index (Phi) is 1.06. The molecule has 0 aliphatic carbocycles. The number of urea groups is 1. The minimum atomic E-state index is -0.797. The van der Waals surface area contributed by atoms with Gasteiger partial charge in [0, 0.05) is 0 Å². The van der Waals surface area contributed by atoms with Crippen molar-refractivity contribution in [2.75, 3.05) is 0 Å². The molecule has 2 N–H and O–H groups in total. The highest BCUT2D eigenvalue weighted by Gasteiger charge is 2.29. The Labute approximate surface area is 60.2 Å². The molecule has 0 saturated heterocycles. The summed E-state index contributed by atoms with van der Waals surface area (Å²) >= 11 is 1.06. The van der Waals surface area contributed by atoms with Gasteiger partial charge in [-0.25, -0.2) is 9.79 Å². The third kappa shape index (κ3) is 0.729. The quantitative estimate of drug-likeness (QED) is 0.499. The van der Waals surface area contributed by atoms with Gasteiger partial charge < -0.3 is 5.11 Å². The first-order valence-corrected chi connectivity index (χ1v) is 3.46. The highest BCUT2D eigenvalue weighted by molar-refractivity contribution is 8.16. The maximum absolute atomic E-state index is 10.5. The second-order valence-corrected chi connectivity index (χ2v) is 2.81. The van der Waals surface area contributed by atoms with Crippen LogP contribution in [0.4, 0.5) is 4.79 Å². The number of aliphatic hydroxyl groups is 1.